The number of hydrogen-bond acceptors (Lipinski definition) is 6. The number of fused-ring (bicyclic) bond motifs is 4. The number of alkyl halides is 1. The van der Waals surface area contributed by atoms with Gasteiger partial charge in [0.05, 0.1) is 21.8 Å². The number of aromatic nitrogens is 4. The summed E-state index contributed by atoms with van der Waals surface area (Å²) < 4.78 is 6.76. The molecule has 208 valence electrons. The topological polar surface area (TPSA) is 85.1 Å². The second-order valence-electron chi connectivity index (χ2n) is 9.24. The highest BCUT2D eigenvalue weighted by atomic mass is 127. The molecular weight excluding hydrogens is 739 g/mol. The summed E-state index contributed by atoms with van der Waals surface area (Å²) in [6.07, 6.45) is 1.64. The van der Waals surface area contributed by atoms with Crippen LogP contribution in [0.4, 0.5) is 0 Å². The summed E-state index contributed by atoms with van der Waals surface area (Å²) in [7, 11) is 0. The van der Waals surface area contributed by atoms with E-state index in [4.69, 9.17) is 0 Å². The van der Waals surface area contributed by atoms with E-state index in [0.29, 0.717) is 17.3 Å². The van der Waals surface area contributed by atoms with E-state index in [2.05, 4.69) is 88.5 Å². The van der Waals surface area contributed by atoms with Gasteiger partial charge in [0, 0.05) is 61.1 Å². The van der Waals surface area contributed by atoms with E-state index in [1.807, 2.05) is 41.0 Å². The molecule has 4 aromatic rings. The van der Waals surface area contributed by atoms with Crippen molar-refractivity contribution < 1.29 is 0 Å². The molecule has 11 heteroatoms. The first-order valence-electron chi connectivity index (χ1n) is 13.2. The van der Waals surface area contributed by atoms with Gasteiger partial charge >= 0.3 is 0 Å². The normalized spacial score (nSPS) is 15.2. The summed E-state index contributed by atoms with van der Waals surface area (Å²) in [5, 5.41) is 4.68. The minimum absolute atomic E-state index is 0.0706. The maximum Gasteiger partial charge on any atom is 0.261 e. The Kier molecular flexibility index (Phi) is 11.1. The molecule has 2 aliphatic heterocycles. The van der Waals surface area contributed by atoms with Crippen molar-refractivity contribution in [3.8, 4) is 0 Å². The van der Waals surface area contributed by atoms with Crippen molar-refractivity contribution in [2.75, 3.05) is 37.2 Å². The second-order valence-corrected chi connectivity index (χ2v) is 12.6. The van der Waals surface area contributed by atoms with E-state index in [1.165, 1.54) is 4.43 Å². The van der Waals surface area contributed by atoms with Gasteiger partial charge in [-0.1, -0.05) is 68.3 Å². The van der Waals surface area contributed by atoms with Gasteiger partial charge in [0.15, 0.2) is 0 Å². The van der Waals surface area contributed by atoms with Crippen molar-refractivity contribution in [3.63, 3.8) is 0 Å². The highest BCUT2D eigenvalue weighted by molar-refractivity contribution is 14.1. The Morgan fingerprint density at radius 2 is 1.33 bits per heavy atom. The summed E-state index contributed by atoms with van der Waals surface area (Å²) in [6.45, 7) is 10.3. The van der Waals surface area contributed by atoms with Crippen molar-refractivity contribution >= 4 is 76.3 Å². The predicted octanol–water partition coefficient (Wildman–Crippen LogP) is 4.78. The molecule has 0 saturated carbocycles. The van der Waals surface area contributed by atoms with Crippen LogP contribution >= 0.6 is 54.5 Å². The number of likely N-dealkylation sites (N-methyl/N-ethyl adjacent to an activating group) is 1. The highest BCUT2D eigenvalue weighted by Gasteiger charge is 2.17. The van der Waals surface area contributed by atoms with Crippen molar-refractivity contribution in [3.05, 3.63) is 77.7 Å². The molecule has 2 aromatic carbocycles. The van der Waals surface area contributed by atoms with Gasteiger partial charge in [-0.15, -0.1) is 0 Å². The highest BCUT2D eigenvalue weighted by Crippen LogP contribution is 2.18. The minimum Gasteiger partial charge on any atom is -0.315 e. The number of rotatable bonds is 1. The number of halogens is 3. The Labute approximate surface area is 258 Å². The van der Waals surface area contributed by atoms with Crippen molar-refractivity contribution in [1.29, 1.82) is 0 Å². The average Bonchev–Trinajstić information content (AvgIpc) is 3.28. The Hall–Kier alpha value is -1.67. The SMILES string of the molecule is CCI.CCN1CCc2nc3cc(Br)ccc3c(=O)n2CC1.O=c1c2ccc(Br)cc2nc2n1CCNCC2. The monoisotopic (exact) mass is 770 g/mol. The molecule has 0 radical (unpaired) electrons. The first kappa shape index (κ1) is 30.3. The van der Waals surface area contributed by atoms with Gasteiger partial charge < -0.3 is 10.2 Å². The third kappa shape index (κ3) is 7.35. The largest absolute Gasteiger partial charge is 0.315 e. The molecule has 0 fully saturated rings. The Morgan fingerprint density at radius 3 is 1.90 bits per heavy atom. The lowest BCUT2D eigenvalue weighted by molar-refractivity contribution is 0.294. The summed E-state index contributed by atoms with van der Waals surface area (Å²) >= 11 is 9.13. The zero-order valence-corrected chi connectivity index (χ0v) is 27.6. The summed E-state index contributed by atoms with van der Waals surface area (Å²) in [6, 6.07) is 11.3. The second kappa shape index (κ2) is 14.3. The fourth-order valence-electron chi connectivity index (χ4n) is 4.77. The molecular formula is C28H33Br2IN6O2. The van der Waals surface area contributed by atoms with Crippen LogP contribution in [0.3, 0.4) is 0 Å². The Balaban J connectivity index is 0.000000165. The van der Waals surface area contributed by atoms with E-state index >= 15 is 0 Å². The molecule has 0 saturated heterocycles. The van der Waals surface area contributed by atoms with E-state index in [9.17, 15) is 9.59 Å². The third-order valence-electron chi connectivity index (χ3n) is 6.77. The van der Waals surface area contributed by atoms with Crippen LogP contribution in [-0.2, 0) is 25.9 Å². The van der Waals surface area contributed by atoms with Crippen LogP contribution in [-0.4, -0.2) is 61.2 Å². The van der Waals surface area contributed by atoms with Gasteiger partial charge in [-0.2, -0.15) is 0 Å². The van der Waals surface area contributed by atoms with E-state index in [1.54, 1.807) is 4.57 Å². The van der Waals surface area contributed by atoms with Crippen LogP contribution < -0.4 is 16.4 Å². The Morgan fingerprint density at radius 1 is 0.795 bits per heavy atom. The van der Waals surface area contributed by atoms with Gasteiger partial charge in [0.2, 0.25) is 0 Å². The number of benzene rings is 2. The van der Waals surface area contributed by atoms with Gasteiger partial charge in [0.1, 0.15) is 11.6 Å². The zero-order chi connectivity index (χ0) is 27.9. The van der Waals surface area contributed by atoms with Crippen molar-refractivity contribution in [2.24, 2.45) is 0 Å². The van der Waals surface area contributed by atoms with Gasteiger partial charge in [-0.05, 0) is 47.4 Å². The maximum absolute atomic E-state index is 12.5. The molecule has 0 aliphatic carbocycles. The maximum atomic E-state index is 12.5. The first-order chi connectivity index (χ1) is 18.9. The molecule has 0 amide bonds. The molecule has 0 unspecified atom stereocenters. The molecule has 0 bridgehead atoms. The smallest absolute Gasteiger partial charge is 0.261 e. The van der Waals surface area contributed by atoms with Crippen LogP contribution in [0.15, 0.2) is 54.9 Å². The summed E-state index contributed by atoms with van der Waals surface area (Å²) in [4.78, 5) is 36.5. The molecule has 1 N–H and O–H groups in total. The van der Waals surface area contributed by atoms with Crippen LogP contribution in [0.5, 0.6) is 0 Å². The summed E-state index contributed by atoms with van der Waals surface area (Å²) in [5.74, 6) is 1.79. The van der Waals surface area contributed by atoms with Crippen molar-refractivity contribution in [2.45, 2.75) is 39.8 Å². The van der Waals surface area contributed by atoms with Crippen LogP contribution in [0.25, 0.3) is 21.8 Å². The van der Waals surface area contributed by atoms with E-state index in [0.717, 1.165) is 83.7 Å². The van der Waals surface area contributed by atoms with Crippen LogP contribution in [0.2, 0.25) is 0 Å². The molecule has 0 spiro atoms. The number of nitrogens with one attached hydrogen (secondary N) is 1. The number of hydrogen-bond donors (Lipinski definition) is 1. The van der Waals surface area contributed by atoms with Crippen LogP contribution in [0.1, 0.15) is 25.5 Å². The lowest BCUT2D eigenvalue weighted by atomic mass is 10.2. The Bertz CT molecular complexity index is 1570. The fourth-order valence-corrected chi connectivity index (χ4v) is 5.46. The summed E-state index contributed by atoms with van der Waals surface area (Å²) in [5.41, 5.74) is 1.72. The lowest BCUT2D eigenvalue weighted by Crippen LogP contribution is -2.28. The zero-order valence-electron chi connectivity index (χ0n) is 22.2. The fraction of sp³-hybridized carbons (Fsp3) is 0.429. The number of nitrogens with zero attached hydrogens (tertiary/aromatic N) is 5. The van der Waals surface area contributed by atoms with Gasteiger partial charge in [-0.3, -0.25) is 18.7 Å². The van der Waals surface area contributed by atoms with Gasteiger partial charge in [-0.25, -0.2) is 9.97 Å². The van der Waals surface area contributed by atoms with Crippen molar-refractivity contribution in [1.82, 2.24) is 29.3 Å². The molecule has 6 rings (SSSR count). The average molecular weight is 772 g/mol. The molecule has 39 heavy (non-hydrogen) atoms. The van der Waals surface area contributed by atoms with Crippen LogP contribution in [0, 0.1) is 0 Å². The molecule has 0 atom stereocenters. The molecule has 2 aliphatic rings. The quantitative estimate of drug-likeness (QED) is 0.222. The first-order valence-corrected chi connectivity index (χ1v) is 16.3. The standard InChI is InChI=1S/C14H16BrN3O.C12H12BrN3O.C2H5I/c1-2-17-6-5-13-16-12-9-10(15)3-4-11(12)14(19)18(13)8-7-17;13-8-1-2-9-10(7-8)15-11-3-4-14-5-6-16(11)12(9)17;1-2-3/h3-4,9H,2,5-8H2,1H3;1-2,7,14H,3-6H2;2H2,1H3. The molecule has 8 nitrogen and oxygen atoms in total. The van der Waals surface area contributed by atoms with E-state index in [-0.39, 0.29) is 11.1 Å². The van der Waals surface area contributed by atoms with Gasteiger partial charge in [0.25, 0.3) is 11.1 Å². The third-order valence-corrected chi connectivity index (χ3v) is 7.76. The van der Waals surface area contributed by atoms with E-state index < -0.39 is 0 Å². The lowest BCUT2D eigenvalue weighted by Gasteiger charge is -2.15. The molecule has 2 aromatic heterocycles. The minimum atomic E-state index is 0.0706. The molecule has 4 heterocycles. The predicted molar refractivity (Wildman–Crippen MR) is 174 cm³/mol.